The number of aliphatic carboxylic acids is 1. The van der Waals surface area contributed by atoms with Crippen LogP contribution in [0.5, 0.6) is 5.75 Å². The van der Waals surface area contributed by atoms with Crippen molar-refractivity contribution >= 4 is 5.97 Å². The lowest BCUT2D eigenvalue weighted by molar-refractivity contribution is -0.145. The van der Waals surface area contributed by atoms with Crippen LogP contribution < -0.4 is 4.74 Å². The maximum atomic E-state index is 11.5. The zero-order valence-corrected chi connectivity index (χ0v) is 11.0. The van der Waals surface area contributed by atoms with Gasteiger partial charge in [-0.3, -0.25) is 0 Å². The van der Waals surface area contributed by atoms with E-state index in [1.807, 2.05) is 36.4 Å². The molecule has 0 saturated heterocycles. The highest BCUT2D eigenvalue weighted by Gasteiger charge is 2.29. The Balaban J connectivity index is 2.27. The van der Waals surface area contributed by atoms with Gasteiger partial charge in [0.2, 0.25) is 6.10 Å². The summed E-state index contributed by atoms with van der Waals surface area (Å²) in [6.07, 6.45) is 0.606. The number of rotatable bonds is 6. The van der Waals surface area contributed by atoms with Gasteiger partial charge in [-0.25, -0.2) is 4.79 Å². The number of hydrogen-bond acceptors (Lipinski definition) is 2. The number of carboxylic acids is 1. The molecule has 2 atom stereocenters. The van der Waals surface area contributed by atoms with Gasteiger partial charge in [-0.1, -0.05) is 54.6 Å². The second-order valence-corrected chi connectivity index (χ2v) is 4.36. The first-order chi connectivity index (χ1) is 9.72. The largest absolute Gasteiger partial charge is 0.478 e. The Morgan fingerprint density at radius 2 is 1.60 bits per heavy atom. The van der Waals surface area contributed by atoms with Crippen LogP contribution in [0.3, 0.4) is 0 Å². The molecule has 0 radical (unpaired) electrons. The van der Waals surface area contributed by atoms with Crippen LogP contribution in [-0.4, -0.2) is 17.2 Å². The number of ether oxygens (including phenoxy) is 1. The number of para-hydroxylation sites is 1. The molecule has 0 fully saturated rings. The molecule has 3 heteroatoms. The minimum absolute atomic E-state index is 0.408. The first-order valence-electron chi connectivity index (χ1n) is 6.34. The van der Waals surface area contributed by atoms with Crippen molar-refractivity contribution in [1.29, 1.82) is 0 Å². The highest BCUT2D eigenvalue weighted by atomic mass is 16.5. The van der Waals surface area contributed by atoms with E-state index in [1.54, 1.807) is 30.3 Å². The van der Waals surface area contributed by atoms with E-state index in [-0.39, 0.29) is 0 Å². The number of benzene rings is 2. The molecule has 2 aromatic carbocycles. The van der Waals surface area contributed by atoms with Gasteiger partial charge >= 0.3 is 5.97 Å². The summed E-state index contributed by atoms with van der Waals surface area (Å²) in [6, 6.07) is 18.3. The number of carbonyl (C=O) groups is 1. The Hall–Kier alpha value is -2.55. The van der Waals surface area contributed by atoms with Gasteiger partial charge in [0, 0.05) is 5.92 Å². The first kappa shape index (κ1) is 13.9. The van der Waals surface area contributed by atoms with Gasteiger partial charge in [0.1, 0.15) is 5.75 Å². The number of carboxylic acid groups (broad SMARTS) is 1. The predicted octanol–water partition coefficient (Wildman–Crippen LogP) is 3.49. The van der Waals surface area contributed by atoms with E-state index in [1.165, 1.54) is 0 Å². The third-order valence-corrected chi connectivity index (χ3v) is 3.01. The van der Waals surface area contributed by atoms with Crippen molar-refractivity contribution < 1.29 is 14.6 Å². The zero-order chi connectivity index (χ0) is 14.4. The summed E-state index contributed by atoms with van der Waals surface area (Å²) in [6.45, 7) is 3.74. The summed E-state index contributed by atoms with van der Waals surface area (Å²) in [5, 5.41) is 9.42. The summed E-state index contributed by atoms with van der Waals surface area (Å²) >= 11 is 0. The minimum Gasteiger partial charge on any atom is -0.478 e. The fraction of sp³-hybridized carbons (Fsp3) is 0.118. The van der Waals surface area contributed by atoms with Crippen LogP contribution in [0.4, 0.5) is 0 Å². The van der Waals surface area contributed by atoms with E-state index in [4.69, 9.17) is 4.74 Å². The van der Waals surface area contributed by atoms with Crippen LogP contribution in [0.2, 0.25) is 0 Å². The Morgan fingerprint density at radius 1 is 1.05 bits per heavy atom. The lowest BCUT2D eigenvalue weighted by Gasteiger charge is -2.22. The Kier molecular flexibility index (Phi) is 4.56. The molecule has 102 valence electrons. The average Bonchev–Trinajstić information content (AvgIpc) is 2.49. The molecule has 2 aromatic rings. The third-order valence-electron chi connectivity index (χ3n) is 3.01. The molecule has 20 heavy (non-hydrogen) atoms. The van der Waals surface area contributed by atoms with Gasteiger partial charge in [0.15, 0.2) is 0 Å². The molecule has 2 unspecified atom stereocenters. The maximum Gasteiger partial charge on any atom is 0.345 e. The number of hydrogen-bond donors (Lipinski definition) is 1. The molecular formula is C17H16O3. The molecule has 0 amide bonds. The fourth-order valence-corrected chi connectivity index (χ4v) is 2.03. The van der Waals surface area contributed by atoms with Crippen LogP contribution in [-0.2, 0) is 4.79 Å². The van der Waals surface area contributed by atoms with E-state index in [2.05, 4.69) is 6.58 Å². The molecular weight excluding hydrogens is 252 g/mol. The molecule has 0 aliphatic heterocycles. The highest BCUT2D eigenvalue weighted by molar-refractivity contribution is 5.75. The summed E-state index contributed by atoms with van der Waals surface area (Å²) in [5.74, 6) is -0.890. The van der Waals surface area contributed by atoms with Gasteiger partial charge in [-0.2, -0.15) is 0 Å². The van der Waals surface area contributed by atoms with Crippen molar-refractivity contribution in [2.75, 3.05) is 0 Å². The van der Waals surface area contributed by atoms with E-state index in [0.29, 0.717) is 5.75 Å². The first-order valence-corrected chi connectivity index (χ1v) is 6.34. The second-order valence-electron chi connectivity index (χ2n) is 4.36. The maximum absolute atomic E-state index is 11.5. The van der Waals surface area contributed by atoms with Crippen molar-refractivity contribution in [2.45, 2.75) is 12.0 Å². The molecule has 2 rings (SSSR count). The third kappa shape index (κ3) is 3.26. The lowest BCUT2D eigenvalue weighted by atomic mass is 9.93. The lowest BCUT2D eigenvalue weighted by Crippen LogP contribution is -2.32. The molecule has 0 aliphatic carbocycles. The Bertz CT molecular complexity index is 563. The van der Waals surface area contributed by atoms with Crippen molar-refractivity contribution in [3.05, 3.63) is 78.9 Å². The van der Waals surface area contributed by atoms with Gasteiger partial charge in [0.25, 0.3) is 0 Å². The van der Waals surface area contributed by atoms with Crippen LogP contribution >= 0.6 is 0 Å². The quantitative estimate of drug-likeness (QED) is 0.816. The summed E-state index contributed by atoms with van der Waals surface area (Å²) in [7, 11) is 0. The predicted molar refractivity (Wildman–Crippen MR) is 77.9 cm³/mol. The Labute approximate surface area is 118 Å². The van der Waals surface area contributed by atoms with E-state index in [0.717, 1.165) is 5.56 Å². The van der Waals surface area contributed by atoms with Crippen molar-refractivity contribution in [2.24, 2.45) is 0 Å². The normalized spacial score (nSPS) is 13.2. The SMILES string of the molecule is C=CC(c1ccccc1)C(Oc1ccccc1)C(=O)O. The zero-order valence-electron chi connectivity index (χ0n) is 11.0. The van der Waals surface area contributed by atoms with Crippen LogP contribution in [0.1, 0.15) is 11.5 Å². The second kappa shape index (κ2) is 6.57. The van der Waals surface area contributed by atoms with Crippen molar-refractivity contribution in [1.82, 2.24) is 0 Å². The van der Waals surface area contributed by atoms with E-state index >= 15 is 0 Å². The molecule has 0 spiro atoms. The van der Waals surface area contributed by atoms with E-state index in [9.17, 15) is 9.90 Å². The van der Waals surface area contributed by atoms with Gasteiger partial charge < -0.3 is 9.84 Å². The monoisotopic (exact) mass is 268 g/mol. The molecule has 3 nitrogen and oxygen atoms in total. The molecule has 0 saturated carbocycles. The molecule has 0 heterocycles. The standard InChI is InChI=1S/C17H16O3/c1-2-15(13-9-5-3-6-10-13)16(17(18)19)20-14-11-7-4-8-12-14/h2-12,15-16H,1H2,(H,18,19). The Morgan fingerprint density at radius 3 is 2.10 bits per heavy atom. The fourth-order valence-electron chi connectivity index (χ4n) is 2.03. The van der Waals surface area contributed by atoms with Gasteiger partial charge in [-0.05, 0) is 17.7 Å². The summed E-state index contributed by atoms with van der Waals surface area (Å²) in [5.41, 5.74) is 0.867. The van der Waals surface area contributed by atoms with Gasteiger partial charge in [-0.15, -0.1) is 6.58 Å². The molecule has 0 aliphatic rings. The van der Waals surface area contributed by atoms with Crippen LogP contribution in [0, 0.1) is 0 Å². The van der Waals surface area contributed by atoms with Gasteiger partial charge in [0.05, 0.1) is 0 Å². The molecule has 0 bridgehead atoms. The van der Waals surface area contributed by atoms with Crippen molar-refractivity contribution in [3.63, 3.8) is 0 Å². The van der Waals surface area contributed by atoms with Crippen LogP contribution in [0.25, 0.3) is 0 Å². The van der Waals surface area contributed by atoms with E-state index < -0.39 is 18.0 Å². The summed E-state index contributed by atoms with van der Waals surface area (Å²) in [4.78, 5) is 11.5. The average molecular weight is 268 g/mol. The highest BCUT2D eigenvalue weighted by Crippen LogP contribution is 2.25. The molecule has 1 N–H and O–H groups in total. The minimum atomic E-state index is -1.01. The molecule has 0 aromatic heterocycles. The topological polar surface area (TPSA) is 46.5 Å². The smallest absolute Gasteiger partial charge is 0.345 e. The van der Waals surface area contributed by atoms with Crippen LogP contribution in [0.15, 0.2) is 73.3 Å². The van der Waals surface area contributed by atoms with Crippen molar-refractivity contribution in [3.8, 4) is 5.75 Å². The summed E-state index contributed by atoms with van der Waals surface area (Å²) < 4.78 is 5.61.